The van der Waals surface area contributed by atoms with Gasteiger partial charge in [-0.25, -0.2) is 4.98 Å². The molecule has 3 aromatic rings. The average molecular weight is 417 g/mol. The molecule has 7 heteroatoms. The summed E-state index contributed by atoms with van der Waals surface area (Å²) in [5, 5.41) is 11.0. The number of likely N-dealkylation sites (tertiary alicyclic amines) is 1. The van der Waals surface area contributed by atoms with Crippen molar-refractivity contribution >= 4 is 17.4 Å². The first-order valence-electron chi connectivity index (χ1n) is 10.0. The lowest BCUT2D eigenvalue weighted by molar-refractivity contribution is -0.139. The van der Waals surface area contributed by atoms with Gasteiger partial charge in [-0.2, -0.15) is 0 Å². The topological polar surface area (TPSA) is 84.7 Å². The standard InChI is InChI=1S/C24H23N3O4/c1-31-19-10-8-17(9-11-19)21-20(22(28)18-6-3-2-4-7-18)23(29)24(30)27(21)14-5-13-26-15-12-25-16-26/h2-4,6-12,15-16,21,28H,5,13-14H2,1H3. The Morgan fingerprint density at radius 1 is 1.06 bits per heavy atom. The number of benzene rings is 2. The first-order chi connectivity index (χ1) is 15.1. The molecule has 1 aliphatic rings. The number of hydrogen-bond acceptors (Lipinski definition) is 5. The molecular weight excluding hydrogens is 394 g/mol. The Morgan fingerprint density at radius 2 is 1.81 bits per heavy atom. The number of amides is 1. The number of Topliss-reactive ketones (excluding diaryl/α,β-unsaturated/α-hetero) is 1. The molecule has 158 valence electrons. The summed E-state index contributed by atoms with van der Waals surface area (Å²) in [5.41, 5.74) is 1.33. The maximum atomic E-state index is 13.0. The third-order valence-corrected chi connectivity index (χ3v) is 5.39. The first-order valence-corrected chi connectivity index (χ1v) is 10.0. The van der Waals surface area contributed by atoms with E-state index >= 15 is 0 Å². The van der Waals surface area contributed by atoms with Gasteiger partial charge in [0.15, 0.2) is 0 Å². The third-order valence-electron chi connectivity index (χ3n) is 5.39. The van der Waals surface area contributed by atoms with E-state index in [9.17, 15) is 14.7 Å². The van der Waals surface area contributed by atoms with Gasteiger partial charge in [0.1, 0.15) is 11.5 Å². The number of hydrogen-bond donors (Lipinski definition) is 1. The molecule has 1 unspecified atom stereocenters. The number of carbonyl (C=O) groups excluding carboxylic acids is 2. The summed E-state index contributed by atoms with van der Waals surface area (Å²) in [5.74, 6) is -0.783. The predicted octanol–water partition coefficient (Wildman–Crippen LogP) is 3.40. The summed E-state index contributed by atoms with van der Waals surface area (Å²) in [4.78, 5) is 31.5. The SMILES string of the molecule is COc1ccc(C2C(=C(O)c3ccccc3)C(=O)C(=O)N2CCCn2ccnc2)cc1. The van der Waals surface area contributed by atoms with E-state index in [0.29, 0.717) is 30.8 Å². The van der Waals surface area contributed by atoms with Crippen LogP contribution in [-0.2, 0) is 16.1 Å². The van der Waals surface area contributed by atoms with Crippen molar-refractivity contribution in [2.45, 2.75) is 19.0 Å². The molecule has 4 rings (SSSR count). The number of aryl methyl sites for hydroxylation is 1. The summed E-state index contributed by atoms with van der Waals surface area (Å²) in [6.45, 7) is 1.03. The number of aromatic nitrogens is 2. The molecule has 1 amide bonds. The predicted molar refractivity (Wildman–Crippen MR) is 115 cm³/mol. The molecular formula is C24H23N3O4. The van der Waals surface area contributed by atoms with Gasteiger partial charge in [-0.3, -0.25) is 9.59 Å². The minimum atomic E-state index is -0.676. The fourth-order valence-electron chi connectivity index (χ4n) is 3.84. The molecule has 2 aromatic carbocycles. The van der Waals surface area contributed by atoms with E-state index in [2.05, 4.69) is 4.98 Å². The minimum Gasteiger partial charge on any atom is -0.507 e. The van der Waals surface area contributed by atoms with Gasteiger partial charge in [0.2, 0.25) is 0 Å². The molecule has 1 aromatic heterocycles. The second kappa shape index (κ2) is 8.87. The number of methoxy groups -OCH3 is 1. The summed E-state index contributed by atoms with van der Waals surface area (Å²) < 4.78 is 7.15. The fraction of sp³-hybridized carbons (Fsp3) is 0.208. The zero-order chi connectivity index (χ0) is 21.8. The third kappa shape index (κ3) is 4.07. The summed E-state index contributed by atoms with van der Waals surface area (Å²) >= 11 is 0. The van der Waals surface area contributed by atoms with Crippen LogP contribution >= 0.6 is 0 Å². The van der Waals surface area contributed by atoms with Gasteiger partial charge >= 0.3 is 0 Å². The van der Waals surface area contributed by atoms with Crippen molar-refractivity contribution in [3.8, 4) is 5.75 Å². The van der Waals surface area contributed by atoms with Crippen molar-refractivity contribution in [3.63, 3.8) is 0 Å². The second-order valence-corrected chi connectivity index (χ2v) is 7.29. The number of imidazole rings is 1. The lowest BCUT2D eigenvalue weighted by Crippen LogP contribution is -2.31. The van der Waals surface area contributed by atoms with Crippen LogP contribution in [0.1, 0.15) is 23.6 Å². The normalized spacial score (nSPS) is 17.8. The van der Waals surface area contributed by atoms with Gasteiger partial charge in [-0.1, -0.05) is 42.5 Å². The number of nitrogens with zero attached hydrogens (tertiary/aromatic N) is 3. The second-order valence-electron chi connectivity index (χ2n) is 7.29. The number of carbonyl (C=O) groups is 2. The Morgan fingerprint density at radius 3 is 2.45 bits per heavy atom. The highest BCUT2D eigenvalue weighted by atomic mass is 16.5. The Bertz CT molecular complexity index is 1090. The number of rotatable bonds is 7. The molecule has 1 aliphatic heterocycles. The van der Waals surface area contributed by atoms with Crippen LogP contribution < -0.4 is 4.74 Å². The molecule has 1 atom stereocenters. The molecule has 1 saturated heterocycles. The van der Waals surface area contributed by atoms with Crippen molar-refractivity contribution in [2.75, 3.05) is 13.7 Å². The first kappa shape index (κ1) is 20.4. The van der Waals surface area contributed by atoms with Gasteiger partial charge in [0, 0.05) is 31.0 Å². The van der Waals surface area contributed by atoms with Crippen molar-refractivity contribution in [3.05, 3.63) is 90.0 Å². The van der Waals surface area contributed by atoms with Crippen LogP contribution in [-0.4, -0.2) is 44.9 Å². The smallest absolute Gasteiger partial charge is 0.295 e. The zero-order valence-electron chi connectivity index (χ0n) is 17.1. The molecule has 0 radical (unpaired) electrons. The number of aliphatic hydroxyl groups excluding tert-OH is 1. The Hall–Kier alpha value is -3.87. The van der Waals surface area contributed by atoms with Crippen LogP contribution in [0.5, 0.6) is 5.75 Å². The van der Waals surface area contributed by atoms with Crippen molar-refractivity contribution in [1.29, 1.82) is 0 Å². The van der Waals surface area contributed by atoms with Crippen LogP contribution in [0.2, 0.25) is 0 Å². The molecule has 1 fully saturated rings. The van der Waals surface area contributed by atoms with E-state index < -0.39 is 17.7 Å². The van der Waals surface area contributed by atoms with Crippen LogP contribution in [0.4, 0.5) is 0 Å². The number of aliphatic hydroxyl groups is 1. The van der Waals surface area contributed by atoms with E-state index in [1.54, 1.807) is 56.0 Å². The number of ether oxygens (including phenoxy) is 1. The highest BCUT2D eigenvalue weighted by Gasteiger charge is 2.45. The van der Waals surface area contributed by atoms with Gasteiger partial charge in [-0.15, -0.1) is 0 Å². The van der Waals surface area contributed by atoms with Crippen molar-refractivity contribution < 1.29 is 19.4 Å². The van der Waals surface area contributed by atoms with Crippen molar-refractivity contribution in [1.82, 2.24) is 14.5 Å². The van der Waals surface area contributed by atoms with E-state index in [4.69, 9.17) is 4.74 Å². The number of ketones is 1. The molecule has 31 heavy (non-hydrogen) atoms. The Balaban J connectivity index is 1.72. The maximum Gasteiger partial charge on any atom is 0.295 e. The molecule has 0 bridgehead atoms. The molecule has 0 aliphatic carbocycles. The summed E-state index contributed by atoms with van der Waals surface area (Å²) in [6, 6.07) is 15.3. The molecule has 1 N–H and O–H groups in total. The van der Waals surface area contributed by atoms with Crippen molar-refractivity contribution in [2.24, 2.45) is 0 Å². The lowest BCUT2D eigenvalue weighted by atomic mass is 9.95. The maximum absolute atomic E-state index is 13.0. The van der Waals surface area contributed by atoms with E-state index in [1.807, 2.05) is 29.0 Å². The monoisotopic (exact) mass is 417 g/mol. The van der Waals surface area contributed by atoms with E-state index in [1.165, 1.54) is 4.90 Å². The van der Waals surface area contributed by atoms with Crippen LogP contribution in [0.15, 0.2) is 78.9 Å². The van der Waals surface area contributed by atoms with Crippen LogP contribution in [0, 0.1) is 0 Å². The van der Waals surface area contributed by atoms with Gasteiger partial charge < -0.3 is 19.3 Å². The highest BCUT2D eigenvalue weighted by molar-refractivity contribution is 6.46. The Labute approximate surface area is 180 Å². The van der Waals surface area contributed by atoms with E-state index in [-0.39, 0.29) is 11.3 Å². The fourth-order valence-corrected chi connectivity index (χ4v) is 3.84. The lowest BCUT2D eigenvalue weighted by Gasteiger charge is -2.25. The molecule has 0 saturated carbocycles. The summed E-state index contributed by atoms with van der Waals surface area (Å²) in [6.07, 6.45) is 5.90. The Kier molecular flexibility index (Phi) is 5.84. The zero-order valence-corrected chi connectivity index (χ0v) is 17.1. The molecule has 0 spiro atoms. The van der Waals surface area contributed by atoms with E-state index in [0.717, 1.165) is 5.56 Å². The molecule has 7 nitrogen and oxygen atoms in total. The highest BCUT2D eigenvalue weighted by Crippen LogP contribution is 2.39. The van der Waals surface area contributed by atoms with Crippen LogP contribution in [0.3, 0.4) is 0 Å². The largest absolute Gasteiger partial charge is 0.507 e. The molecule has 2 heterocycles. The quantitative estimate of drug-likeness (QED) is 0.362. The minimum absolute atomic E-state index is 0.101. The van der Waals surface area contributed by atoms with Gasteiger partial charge in [-0.05, 0) is 24.1 Å². The van der Waals surface area contributed by atoms with Gasteiger partial charge in [0.25, 0.3) is 11.7 Å². The van der Waals surface area contributed by atoms with Crippen LogP contribution in [0.25, 0.3) is 5.76 Å². The average Bonchev–Trinajstić information content (AvgIpc) is 3.41. The summed E-state index contributed by atoms with van der Waals surface area (Å²) in [7, 11) is 1.58. The van der Waals surface area contributed by atoms with Gasteiger partial charge in [0.05, 0.1) is 25.1 Å².